The van der Waals surface area contributed by atoms with E-state index in [0.29, 0.717) is 59.2 Å². The lowest BCUT2D eigenvalue weighted by atomic mass is 9.90. The third-order valence-electron chi connectivity index (χ3n) is 8.60. The van der Waals surface area contributed by atoms with Crippen molar-refractivity contribution in [3.05, 3.63) is 71.4 Å². The number of nitrogens with zero attached hydrogens (tertiary/aromatic N) is 4. The second kappa shape index (κ2) is 11.0. The van der Waals surface area contributed by atoms with Crippen LogP contribution in [-0.2, 0) is 0 Å². The lowest BCUT2D eigenvalue weighted by Gasteiger charge is -2.20. The quantitative estimate of drug-likeness (QED) is 0.274. The third-order valence-corrected chi connectivity index (χ3v) is 8.60. The number of carbonyl (C=O) groups is 1. The number of hydrogen-bond donors (Lipinski definition) is 0. The topological polar surface area (TPSA) is 82.6 Å². The van der Waals surface area contributed by atoms with E-state index in [2.05, 4.69) is 16.0 Å². The lowest BCUT2D eigenvalue weighted by molar-refractivity contribution is 0.0782. The van der Waals surface area contributed by atoms with E-state index in [9.17, 15) is 14.4 Å². The van der Waals surface area contributed by atoms with Gasteiger partial charge in [-0.2, -0.15) is 5.26 Å². The minimum Gasteiger partial charge on any atom is -0.496 e. The van der Waals surface area contributed by atoms with Crippen molar-refractivity contribution < 1.29 is 18.3 Å². The molecule has 0 N–H and O–H groups in total. The number of alkyl halides is 1. The van der Waals surface area contributed by atoms with Crippen LogP contribution < -0.4 is 4.74 Å². The number of hydrogen-bond acceptors (Lipinski definition) is 6. The van der Waals surface area contributed by atoms with Crippen molar-refractivity contribution in [1.82, 2.24) is 14.8 Å². The summed E-state index contributed by atoms with van der Waals surface area (Å²) in [6.07, 6.45) is 3.66. The maximum atomic E-state index is 13.9. The van der Waals surface area contributed by atoms with Crippen molar-refractivity contribution >= 4 is 17.0 Å². The Morgan fingerprint density at radius 1 is 1.12 bits per heavy atom. The summed E-state index contributed by atoms with van der Waals surface area (Å²) in [5.74, 6) is 1.17. The van der Waals surface area contributed by atoms with Gasteiger partial charge in [0.25, 0.3) is 5.91 Å². The standard InChI is InChI=1S/C33H33FN4O3/c1-37(2)25-11-13-38(19-25)33(39)22-6-9-28(30(16-22)40-3)31-17-29-32(41-31)27(10-12-36-29)20-5-8-26(23(14-20)18-35)21-4-7-24(34)15-21/h5-6,8-10,12,14,16-17,21,24-25H,4,7,11,13,15,19H2,1-3H3/t21?,24-,25-/m0/s1. The summed E-state index contributed by atoms with van der Waals surface area (Å²) < 4.78 is 25.9. The number of furan rings is 1. The molecule has 41 heavy (non-hydrogen) atoms. The number of ether oxygens (including phenoxy) is 1. The van der Waals surface area contributed by atoms with Crippen LogP contribution in [0, 0.1) is 11.3 Å². The fraction of sp³-hybridized carbons (Fsp3) is 0.364. The molecule has 7 nitrogen and oxygen atoms in total. The van der Waals surface area contributed by atoms with Crippen LogP contribution in [0.2, 0.25) is 0 Å². The number of nitriles is 1. The van der Waals surface area contributed by atoms with Crippen LogP contribution in [0.1, 0.15) is 53.1 Å². The second-order valence-electron chi connectivity index (χ2n) is 11.3. The Bertz CT molecular complexity index is 1660. The fourth-order valence-corrected chi connectivity index (χ4v) is 6.24. The molecule has 3 atom stereocenters. The molecule has 1 saturated carbocycles. The summed E-state index contributed by atoms with van der Waals surface area (Å²) in [6.45, 7) is 1.44. The molecule has 4 aromatic rings. The average molecular weight is 553 g/mol. The van der Waals surface area contributed by atoms with E-state index in [-0.39, 0.29) is 11.8 Å². The number of benzene rings is 2. The molecule has 1 amide bonds. The SMILES string of the molecule is COc1cc(C(=O)N2CC[C@H](N(C)C)C2)ccc1-c1cc2nccc(-c3ccc(C4CC[C@H](F)C4)c(C#N)c3)c2o1. The Morgan fingerprint density at radius 2 is 1.98 bits per heavy atom. The average Bonchev–Trinajstić information content (AvgIpc) is 3.75. The highest BCUT2D eigenvalue weighted by molar-refractivity contribution is 5.97. The number of pyridine rings is 1. The van der Waals surface area contributed by atoms with E-state index in [1.54, 1.807) is 19.4 Å². The molecule has 0 spiro atoms. The zero-order valence-corrected chi connectivity index (χ0v) is 23.6. The van der Waals surface area contributed by atoms with Crippen molar-refractivity contribution in [2.75, 3.05) is 34.3 Å². The molecule has 2 fully saturated rings. The highest BCUT2D eigenvalue weighted by Crippen LogP contribution is 2.41. The molecule has 3 heterocycles. The Balaban J connectivity index is 1.32. The second-order valence-corrected chi connectivity index (χ2v) is 11.3. The first-order valence-electron chi connectivity index (χ1n) is 14.1. The van der Waals surface area contributed by atoms with Gasteiger partial charge in [0, 0.05) is 42.5 Å². The monoisotopic (exact) mass is 552 g/mol. The molecule has 2 aromatic carbocycles. The van der Waals surface area contributed by atoms with Crippen LogP contribution in [0.15, 0.2) is 59.1 Å². The number of likely N-dealkylation sites (N-methyl/N-ethyl adjacent to an activating group) is 1. The molecular weight excluding hydrogens is 519 g/mol. The third kappa shape index (κ3) is 5.07. The van der Waals surface area contributed by atoms with Gasteiger partial charge < -0.3 is 19.0 Å². The van der Waals surface area contributed by atoms with Crippen molar-refractivity contribution in [2.24, 2.45) is 0 Å². The maximum Gasteiger partial charge on any atom is 0.254 e. The predicted molar refractivity (Wildman–Crippen MR) is 156 cm³/mol. The number of aromatic nitrogens is 1. The Kier molecular flexibility index (Phi) is 7.22. The largest absolute Gasteiger partial charge is 0.496 e. The Labute approximate surface area is 239 Å². The zero-order valence-electron chi connectivity index (χ0n) is 23.6. The van der Waals surface area contributed by atoms with Gasteiger partial charge in [0.05, 0.1) is 24.3 Å². The molecule has 6 rings (SSSR count). The number of carbonyl (C=O) groups excluding carboxylic acids is 1. The van der Waals surface area contributed by atoms with E-state index in [1.165, 1.54) is 0 Å². The van der Waals surface area contributed by atoms with Crippen molar-refractivity contribution in [1.29, 1.82) is 5.26 Å². The Morgan fingerprint density at radius 3 is 2.68 bits per heavy atom. The number of amides is 1. The lowest BCUT2D eigenvalue weighted by Crippen LogP contribution is -2.34. The molecule has 0 radical (unpaired) electrons. The predicted octanol–water partition coefficient (Wildman–Crippen LogP) is 6.42. The number of fused-ring (bicyclic) bond motifs is 1. The first-order chi connectivity index (χ1) is 19.9. The minimum absolute atomic E-state index is 0.0101. The zero-order chi connectivity index (χ0) is 28.7. The maximum absolute atomic E-state index is 13.9. The molecule has 1 aliphatic heterocycles. The van der Waals surface area contributed by atoms with Crippen LogP contribution in [0.5, 0.6) is 5.75 Å². The molecule has 1 aliphatic carbocycles. The summed E-state index contributed by atoms with van der Waals surface area (Å²) in [5, 5.41) is 9.89. The van der Waals surface area contributed by atoms with Crippen LogP contribution in [-0.4, -0.2) is 67.2 Å². The highest BCUT2D eigenvalue weighted by Gasteiger charge is 2.29. The van der Waals surface area contributed by atoms with Crippen LogP contribution >= 0.6 is 0 Å². The number of halogens is 1. The smallest absolute Gasteiger partial charge is 0.254 e. The van der Waals surface area contributed by atoms with E-state index >= 15 is 0 Å². The van der Waals surface area contributed by atoms with Gasteiger partial charge in [-0.25, -0.2) is 4.39 Å². The summed E-state index contributed by atoms with van der Waals surface area (Å²) in [5.41, 5.74) is 5.68. The van der Waals surface area contributed by atoms with Gasteiger partial charge in [0.1, 0.15) is 23.2 Å². The molecule has 1 unspecified atom stereocenters. The molecule has 1 saturated heterocycles. The van der Waals surface area contributed by atoms with Gasteiger partial charge in [0.15, 0.2) is 5.58 Å². The molecule has 2 aromatic heterocycles. The van der Waals surface area contributed by atoms with E-state index in [1.807, 2.05) is 61.5 Å². The normalized spacial score (nSPS) is 20.6. The fourth-order valence-electron chi connectivity index (χ4n) is 6.24. The van der Waals surface area contributed by atoms with Gasteiger partial charge in [0.2, 0.25) is 0 Å². The number of likely N-dealkylation sites (tertiary alicyclic amines) is 1. The Hall–Kier alpha value is -4.22. The van der Waals surface area contributed by atoms with Gasteiger partial charge in [-0.15, -0.1) is 0 Å². The molecule has 210 valence electrons. The summed E-state index contributed by atoms with van der Waals surface area (Å²) in [6, 6.07) is 17.6. The van der Waals surface area contributed by atoms with Gasteiger partial charge in [-0.3, -0.25) is 9.78 Å². The highest BCUT2D eigenvalue weighted by atomic mass is 19.1. The number of rotatable bonds is 6. The first kappa shape index (κ1) is 27.0. The van der Waals surface area contributed by atoms with Crippen molar-refractivity contribution in [2.45, 2.75) is 43.8 Å². The first-order valence-corrected chi connectivity index (χ1v) is 14.1. The molecule has 8 heteroatoms. The van der Waals surface area contributed by atoms with Gasteiger partial charge >= 0.3 is 0 Å². The molecular formula is C33H33FN4O3. The van der Waals surface area contributed by atoms with Crippen LogP contribution in [0.25, 0.3) is 33.6 Å². The molecule has 0 bridgehead atoms. The van der Waals surface area contributed by atoms with E-state index < -0.39 is 6.17 Å². The molecule has 2 aliphatic rings. The van der Waals surface area contributed by atoms with E-state index in [0.717, 1.165) is 41.6 Å². The number of methoxy groups -OCH3 is 1. The van der Waals surface area contributed by atoms with Gasteiger partial charge in [-0.05, 0) is 87.2 Å². The van der Waals surface area contributed by atoms with Crippen molar-refractivity contribution in [3.63, 3.8) is 0 Å². The summed E-state index contributed by atoms with van der Waals surface area (Å²) in [4.78, 5) is 21.8. The minimum atomic E-state index is -0.799. The summed E-state index contributed by atoms with van der Waals surface area (Å²) >= 11 is 0. The van der Waals surface area contributed by atoms with Crippen molar-refractivity contribution in [3.8, 4) is 34.3 Å². The van der Waals surface area contributed by atoms with E-state index in [4.69, 9.17) is 9.15 Å². The van der Waals surface area contributed by atoms with Crippen LogP contribution in [0.4, 0.5) is 4.39 Å². The summed E-state index contributed by atoms with van der Waals surface area (Å²) in [7, 11) is 5.66. The van der Waals surface area contributed by atoms with Gasteiger partial charge in [-0.1, -0.05) is 12.1 Å². The van der Waals surface area contributed by atoms with Crippen LogP contribution in [0.3, 0.4) is 0 Å².